The fraction of sp³-hybridized carbons (Fsp3) is 0.0370. The number of aromatic nitrogens is 3. The topological polar surface area (TPSA) is 55.2 Å². The van der Waals surface area contributed by atoms with E-state index in [0.717, 1.165) is 49.3 Å². The van der Waals surface area contributed by atoms with Crippen LogP contribution in [0.4, 0.5) is 0 Å². The average Bonchev–Trinajstić information content (AvgIpc) is 1.89. The first-order chi connectivity index (χ1) is 43.3. The van der Waals surface area contributed by atoms with Crippen molar-refractivity contribution in [2.45, 2.75) is 20.3 Å². The van der Waals surface area contributed by atoms with Gasteiger partial charge in [0.25, 0.3) is 0 Å². The SMILES string of the molecule is Brc1ccc2c(c1)-c1cc(Br)ccc1C2.C.OB(O)c1ccc2c(c1)c1ccccc1n2-c1ccccc1.c1ccc(-n2c3ccccc3c3cc(-c4ccc5c(c4)-c4cc(-c6ccc7c(c6)c6ccccc6n7-c6ccccc6)ccc4C5)ccc32)cc1. The van der Waals surface area contributed by atoms with E-state index in [1.165, 1.54) is 122 Å². The van der Waals surface area contributed by atoms with Crippen LogP contribution in [0.1, 0.15) is 29.7 Å². The number of benzene rings is 13. The quantitative estimate of drug-likeness (QED) is 0.163. The summed E-state index contributed by atoms with van der Waals surface area (Å²) in [5.41, 5.74) is 27.1. The minimum Gasteiger partial charge on any atom is -0.423 e. The first-order valence-electron chi connectivity index (χ1n) is 29.7. The molecule has 3 heterocycles. The molecule has 13 aromatic carbocycles. The second-order valence-electron chi connectivity index (χ2n) is 22.9. The fourth-order valence-electron chi connectivity index (χ4n) is 13.7. The van der Waals surface area contributed by atoms with Crippen molar-refractivity contribution < 1.29 is 10.0 Å². The highest BCUT2D eigenvalue weighted by Gasteiger charge is 2.23. The lowest BCUT2D eigenvalue weighted by Crippen LogP contribution is -2.29. The zero-order chi connectivity index (χ0) is 59.0. The van der Waals surface area contributed by atoms with Crippen molar-refractivity contribution >= 4 is 110 Å². The molecule has 0 amide bonds. The average molecular weight is 1280 g/mol. The van der Waals surface area contributed by atoms with Crippen molar-refractivity contribution in [2.75, 3.05) is 0 Å². The Bertz CT molecular complexity index is 5140. The predicted octanol–water partition coefficient (Wildman–Crippen LogP) is 20.7. The molecule has 2 N–H and O–H groups in total. The molecule has 0 radical (unpaired) electrons. The van der Waals surface area contributed by atoms with Crippen molar-refractivity contribution in [3.05, 3.63) is 322 Å². The summed E-state index contributed by atoms with van der Waals surface area (Å²) in [4.78, 5) is 0. The monoisotopic (exact) mass is 1270 g/mol. The Morgan fingerprint density at radius 2 is 0.562 bits per heavy atom. The highest BCUT2D eigenvalue weighted by atomic mass is 79.9. The molecule has 0 atom stereocenters. The van der Waals surface area contributed by atoms with Gasteiger partial charge in [0.05, 0.1) is 33.1 Å². The van der Waals surface area contributed by atoms with Crippen LogP contribution in [-0.2, 0) is 12.8 Å². The van der Waals surface area contributed by atoms with Gasteiger partial charge in [-0.15, -0.1) is 0 Å². The maximum absolute atomic E-state index is 9.43. The van der Waals surface area contributed by atoms with Crippen molar-refractivity contribution in [1.29, 1.82) is 0 Å². The Morgan fingerprint density at radius 1 is 0.270 bits per heavy atom. The lowest BCUT2D eigenvalue weighted by Gasteiger charge is -2.10. The van der Waals surface area contributed by atoms with E-state index in [1.54, 1.807) is 6.07 Å². The molecular formula is C81H58BBr2N3O2. The number of halogens is 2. The first kappa shape index (κ1) is 55.8. The Morgan fingerprint density at radius 3 is 0.944 bits per heavy atom. The summed E-state index contributed by atoms with van der Waals surface area (Å²) in [6, 6.07) is 104. The third-order valence-electron chi connectivity index (χ3n) is 17.8. The Hall–Kier alpha value is -9.80. The molecular weight excluding hydrogens is 1220 g/mol. The lowest BCUT2D eigenvalue weighted by atomic mass is 9.80. The van der Waals surface area contributed by atoms with Crippen molar-refractivity contribution in [3.8, 4) is 61.6 Å². The molecule has 2 aliphatic rings. The van der Waals surface area contributed by atoms with Crippen LogP contribution in [-0.4, -0.2) is 30.9 Å². The number of hydrogen-bond donors (Lipinski definition) is 2. The molecule has 0 fully saturated rings. The van der Waals surface area contributed by atoms with E-state index in [1.807, 2.05) is 42.5 Å². The van der Waals surface area contributed by atoms with Gasteiger partial charge >= 0.3 is 7.12 Å². The molecule has 0 aliphatic heterocycles. The van der Waals surface area contributed by atoms with Crippen LogP contribution < -0.4 is 5.46 Å². The summed E-state index contributed by atoms with van der Waals surface area (Å²) < 4.78 is 9.25. The minimum atomic E-state index is -1.46. The van der Waals surface area contributed by atoms with Gasteiger partial charge < -0.3 is 23.7 Å². The van der Waals surface area contributed by atoms with Gasteiger partial charge in [0, 0.05) is 58.3 Å². The predicted molar refractivity (Wildman–Crippen MR) is 382 cm³/mol. The minimum absolute atomic E-state index is 0. The van der Waals surface area contributed by atoms with Gasteiger partial charge in [-0.3, -0.25) is 0 Å². The van der Waals surface area contributed by atoms with Gasteiger partial charge in [-0.1, -0.05) is 209 Å². The van der Waals surface area contributed by atoms with E-state index in [0.29, 0.717) is 5.46 Å². The molecule has 8 heteroatoms. The normalized spacial score (nSPS) is 11.9. The highest BCUT2D eigenvalue weighted by molar-refractivity contribution is 9.10. The third-order valence-corrected chi connectivity index (χ3v) is 18.7. The highest BCUT2D eigenvalue weighted by Crippen LogP contribution is 2.44. The van der Waals surface area contributed by atoms with Crippen LogP contribution >= 0.6 is 31.9 Å². The maximum Gasteiger partial charge on any atom is 0.488 e. The molecule has 16 aromatic rings. The fourth-order valence-corrected chi connectivity index (χ4v) is 14.4. The van der Waals surface area contributed by atoms with Crippen LogP contribution in [0.2, 0.25) is 0 Å². The Kier molecular flexibility index (Phi) is 14.4. The Labute approximate surface area is 534 Å². The molecule has 2 aliphatic carbocycles. The van der Waals surface area contributed by atoms with E-state index in [4.69, 9.17) is 0 Å². The summed E-state index contributed by atoms with van der Waals surface area (Å²) in [6.45, 7) is 0. The molecule has 0 saturated heterocycles. The van der Waals surface area contributed by atoms with E-state index in [-0.39, 0.29) is 7.43 Å². The Balaban J connectivity index is 0.000000142. The summed E-state index contributed by atoms with van der Waals surface area (Å²) in [5, 5.41) is 26.1. The van der Waals surface area contributed by atoms with Gasteiger partial charge in [-0.05, 0) is 206 Å². The lowest BCUT2D eigenvalue weighted by molar-refractivity contribution is 0.426. The van der Waals surface area contributed by atoms with E-state index in [9.17, 15) is 10.0 Å². The van der Waals surface area contributed by atoms with Crippen LogP contribution in [0.25, 0.3) is 127 Å². The molecule has 3 aromatic heterocycles. The molecule has 0 unspecified atom stereocenters. The first-order valence-corrected chi connectivity index (χ1v) is 31.3. The molecule has 0 spiro atoms. The van der Waals surface area contributed by atoms with Gasteiger partial charge in [-0.25, -0.2) is 0 Å². The van der Waals surface area contributed by atoms with Crippen LogP contribution in [0.15, 0.2) is 300 Å². The molecule has 89 heavy (non-hydrogen) atoms. The molecule has 0 bridgehead atoms. The van der Waals surface area contributed by atoms with Crippen LogP contribution in [0, 0.1) is 0 Å². The van der Waals surface area contributed by atoms with E-state index in [2.05, 4.69) is 288 Å². The van der Waals surface area contributed by atoms with Crippen LogP contribution in [0.3, 0.4) is 0 Å². The van der Waals surface area contributed by atoms with Gasteiger partial charge in [-0.2, -0.15) is 0 Å². The van der Waals surface area contributed by atoms with Crippen molar-refractivity contribution in [3.63, 3.8) is 0 Å². The second-order valence-corrected chi connectivity index (χ2v) is 24.7. The van der Waals surface area contributed by atoms with Gasteiger partial charge in [0.1, 0.15) is 0 Å². The van der Waals surface area contributed by atoms with Gasteiger partial charge in [0.2, 0.25) is 0 Å². The summed E-state index contributed by atoms with van der Waals surface area (Å²) >= 11 is 7.05. The van der Waals surface area contributed by atoms with E-state index < -0.39 is 7.12 Å². The number of hydrogen-bond acceptors (Lipinski definition) is 2. The van der Waals surface area contributed by atoms with Crippen molar-refractivity contribution in [2.24, 2.45) is 0 Å². The number of rotatable bonds is 6. The van der Waals surface area contributed by atoms with E-state index >= 15 is 0 Å². The zero-order valence-electron chi connectivity index (χ0n) is 47.7. The standard InChI is InChI=1S/C49H32N2.C18H14BNO2.C13H8Br2.CH4/c1-3-11-38(12-4-1)50-46-17-9-7-15-40(46)44-30-34(23-25-48(44)50)32-19-21-36-27-37-22-20-33(29-43(37)42(36)28-32)35-24-26-49-45(31-35)41-16-8-10-18-47(41)51(49)39-13-5-2-6-14-39;21-19(22)13-10-11-18-16(12-13)15-8-4-5-9-17(15)20(18)14-6-2-1-3-7-14;14-10-3-1-8-5-9-2-4-11(15)7-13(9)12(8)6-10;/h1-26,28-31H,27H2;1-12,21-22H;1-4,6-7H,5H2;1H4. The summed E-state index contributed by atoms with van der Waals surface area (Å²) in [7, 11) is -1.46. The van der Waals surface area contributed by atoms with Crippen molar-refractivity contribution in [1.82, 2.24) is 13.7 Å². The third kappa shape index (κ3) is 9.90. The smallest absolute Gasteiger partial charge is 0.423 e. The second kappa shape index (κ2) is 23.1. The summed E-state index contributed by atoms with van der Waals surface area (Å²) in [5.74, 6) is 0. The zero-order valence-corrected chi connectivity index (χ0v) is 50.9. The number of para-hydroxylation sites is 6. The number of fused-ring (bicyclic) bond motifs is 15. The molecule has 18 rings (SSSR count). The largest absolute Gasteiger partial charge is 0.488 e. The maximum atomic E-state index is 9.43. The molecule has 426 valence electrons. The van der Waals surface area contributed by atoms with Gasteiger partial charge in [0.15, 0.2) is 0 Å². The summed E-state index contributed by atoms with van der Waals surface area (Å²) in [6.07, 6.45) is 2.03. The molecule has 5 nitrogen and oxygen atoms in total. The number of nitrogens with zero attached hydrogens (tertiary/aromatic N) is 3. The van der Waals surface area contributed by atoms with Crippen LogP contribution in [0.5, 0.6) is 0 Å². The molecule has 0 saturated carbocycles.